The van der Waals surface area contributed by atoms with Crippen molar-refractivity contribution in [2.45, 2.75) is 13.0 Å². The minimum absolute atomic E-state index is 0.108. The maximum Gasteiger partial charge on any atom is 0.251 e. The molecule has 1 heterocycles. The summed E-state index contributed by atoms with van der Waals surface area (Å²) in [6.45, 7) is 0.482. The summed E-state index contributed by atoms with van der Waals surface area (Å²) in [6, 6.07) is 11.0. The molecule has 0 saturated heterocycles. The van der Waals surface area contributed by atoms with Gasteiger partial charge in [0.05, 0.1) is 4.99 Å². The largest absolute Gasteiger partial charge is 0.393 e. The van der Waals surface area contributed by atoms with E-state index in [1.54, 1.807) is 24.5 Å². The number of nitrogens with zero attached hydrogens (tertiary/aromatic N) is 1. The van der Waals surface area contributed by atoms with Crippen LogP contribution in [0.25, 0.3) is 0 Å². The second-order valence-corrected chi connectivity index (χ2v) is 4.90. The lowest BCUT2D eigenvalue weighted by molar-refractivity contribution is 0.0951. The molecule has 102 valence electrons. The van der Waals surface area contributed by atoms with Gasteiger partial charge >= 0.3 is 0 Å². The first-order chi connectivity index (χ1) is 9.65. The highest BCUT2D eigenvalue weighted by Crippen LogP contribution is 2.06. The Morgan fingerprint density at radius 3 is 2.35 bits per heavy atom. The summed E-state index contributed by atoms with van der Waals surface area (Å²) < 4.78 is 0. The number of nitrogens with one attached hydrogen (secondary N) is 1. The van der Waals surface area contributed by atoms with Gasteiger partial charge in [-0.15, -0.1) is 0 Å². The molecule has 1 amide bonds. The van der Waals surface area contributed by atoms with Crippen LogP contribution in [0.5, 0.6) is 0 Å². The van der Waals surface area contributed by atoms with E-state index in [2.05, 4.69) is 10.3 Å². The van der Waals surface area contributed by atoms with Crippen molar-refractivity contribution in [3.8, 4) is 0 Å². The van der Waals surface area contributed by atoms with Gasteiger partial charge in [0.25, 0.3) is 5.91 Å². The fourth-order valence-corrected chi connectivity index (χ4v) is 1.93. The van der Waals surface area contributed by atoms with Crippen molar-refractivity contribution in [3.63, 3.8) is 0 Å². The summed E-state index contributed by atoms with van der Waals surface area (Å²) in [5, 5.41) is 2.86. The van der Waals surface area contributed by atoms with Gasteiger partial charge in [-0.1, -0.05) is 24.4 Å². The molecule has 5 heteroatoms. The lowest BCUT2D eigenvalue weighted by Gasteiger charge is -2.06. The molecular weight excluding hydrogens is 270 g/mol. The van der Waals surface area contributed by atoms with E-state index in [0.29, 0.717) is 23.5 Å². The zero-order chi connectivity index (χ0) is 14.4. The minimum atomic E-state index is -0.108. The SMILES string of the molecule is NC(=S)Cc1ccc(C(=O)NCc2ccncc2)cc1. The highest BCUT2D eigenvalue weighted by atomic mass is 32.1. The molecule has 2 rings (SSSR count). The molecule has 0 unspecified atom stereocenters. The Bertz CT molecular complexity index is 596. The number of benzene rings is 1. The molecule has 1 aromatic heterocycles. The first kappa shape index (κ1) is 14.1. The molecule has 2 aromatic rings. The number of nitrogens with two attached hydrogens (primary N) is 1. The third-order valence-electron chi connectivity index (χ3n) is 2.80. The van der Waals surface area contributed by atoms with Crippen molar-refractivity contribution in [2.24, 2.45) is 5.73 Å². The Kier molecular flexibility index (Phi) is 4.79. The van der Waals surface area contributed by atoms with E-state index in [-0.39, 0.29) is 5.91 Å². The Hall–Kier alpha value is -2.27. The predicted octanol–water partition coefficient (Wildman–Crippen LogP) is 1.84. The maximum atomic E-state index is 12.0. The number of pyridine rings is 1. The smallest absolute Gasteiger partial charge is 0.251 e. The quantitative estimate of drug-likeness (QED) is 0.823. The number of hydrogen-bond acceptors (Lipinski definition) is 3. The Labute approximate surface area is 123 Å². The summed E-state index contributed by atoms with van der Waals surface area (Å²) in [5.74, 6) is -0.108. The topological polar surface area (TPSA) is 68.0 Å². The van der Waals surface area contributed by atoms with Gasteiger partial charge in [-0.3, -0.25) is 9.78 Å². The molecule has 0 atom stereocenters. The molecule has 0 bridgehead atoms. The third kappa shape index (κ3) is 4.13. The zero-order valence-electron chi connectivity index (χ0n) is 10.9. The fraction of sp³-hybridized carbons (Fsp3) is 0.133. The molecule has 0 aliphatic carbocycles. The second-order valence-electron chi connectivity index (χ2n) is 4.38. The maximum absolute atomic E-state index is 12.0. The molecule has 3 N–H and O–H groups in total. The van der Waals surface area contributed by atoms with Gasteiger partial charge in [0, 0.05) is 30.9 Å². The van der Waals surface area contributed by atoms with Crippen LogP contribution in [0.15, 0.2) is 48.8 Å². The number of aromatic nitrogens is 1. The summed E-state index contributed by atoms with van der Waals surface area (Å²) in [4.78, 5) is 16.3. The van der Waals surface area contributed by atoms with E-state index < -0.39 is 0 Å². The van der Waals surface area contributed by atoms with Crippen molar-refractivity contribution >= 4 is 23.1 Å². The molecule has 4 nitrogen and oxygen atoms in total. The van der Waals surface area contributed by atoms with E-state index >= 15 is 0 Å². The van der Waals surface area contributed by atoms with Gasteiger partial charge in [-0.2, -0.15) is 0 Å². The van der Waals surface area contributed by atoms with Crippen LogP contribution in [0.4, 0.5) is 0 Å². The average molecular weight is 285 g/mol. The van der Waals surface area contributed by atoms with E-state index in [9.17, 15) is 4.79 Å². The number of hydrogen-bond donors (Lipinski definition) is 2. The summed E-state index contributed by atoms with van der Waals surface area (Å²) in [5.41, 5.74) is 8.11. The van der Waals surface area contributed by atoms with Crippen molar-refractivity contribution < 1.29 is 4.79 Å². The second kappa shape index (κ2) is 6.77. The summed E-state index contributed by atoms with van der Waals surface area (Å²) in [7, 11) is 0. The van der Waals surface area contributed by atoms with Crippen LogP contribution in [0.1, 0.15) is 21.5 Å². The third-order valence-corrected chi connectivity index (χ3v) is 2.94. The molecule has 0 fully saturated rings. The number of amides is 1. The number of rotatable bonds is 5. The van der Waals surface area contributed by atoms with Crippen LogP contribution < -0.4 is 11.1 Å². The predicted molar refractivity (Wildman–Crippen MR) is 82.3 cm³/mol. The average Bonchev–Trinajstić information content (AvgIpc) is 2.46. The minimum Gasteiger partial charge on any atom is -0.393 e. The van der Waals surface area contributed by atoms with E-state index in [1.807, 2.05) is 24.3 Å². The van der Waals surface area contributed by atoms with Crippen molar-refractivity contribution in [1.82, 2.24) is 10.3 Å². The zero-order valence-corrected chi connectivity index (χ0v) is 11.7. The first-order valence-electron chi connectivity index (χ1n) is 6.19. The van der Waals surface area contributed by atoms with Crippen LogP contribution >= 0.6 is 12.2 Å². The van der Waals surface area contributed by atoms with Gasteiger partial charge < -0.3 is 11.1 Å². The standard InChI is InChI=1S/C15H15N3OS/c16-14(20)9-11-1-3-13(4-2-11)15(19)18-10-12-5-7-17-8-6-12/h1-8H,9-10H2,(H2,16,20)(H,18,19). The van der Waals surface area contributed by atoms with E-state index in [0.717, 1.165) is 11.1 Å². The molecule has 0 saturated carbocycles. The summed E-state index contributed by atoms with van der Waals surface area (Å²) >= 11 is 4.85. The molecule has 0 spiro atoms. The highest BCUT2D eigenvalue weighted by Gasteiger charge is 2.05. The van der Waals surface area contributed by atoms with Crippen LogP contribution in [0.2, 0.25) is 0 Å². The molecule has 1 aromatic carbocycles. The van der Waals surface area contributed by atoms with Crippen LogP contribution in [-0.4, -0.2) is 15.9 Å². The Morgan fingerprint density at radius 1 is 1.10 bits per heavy atom. The number of thiocarbonyl (C=S) groups is 1. The lowest BCUT2D eigenvalue weighted by atomic mass is 10.1. The molecule has 0 radical (unpaired) electrons. The van der Waals surface area contributed by atoms with Crippen LogP contribution in [0, 0.1) is 0 Å². The Balaban J connectivity index is 1.94. The first-order valence-corrected chi connectivity index (χ1v) is 6.60. The van der Waals surface area contributed by atoms with Gasteiger partial charge in [0.1, 0.15) is 0 Å². The normalized spacial score (nSPS) is 10.0. The fourth-order valence-electron chi connectivity index (χ4n) is 1.76. The van der Waals surface area contributed by atoms with Crippen molar-refractivity contribution in [1.29, 1.82) is 0 Å². The van der Waals surface area contributed by atoms with Gasteiger partial charge in [0.2, 0.25) is 0 Å². The Morgan fingerprint density at radius 2 is 1.75 bits per heavy atom. The monoisotopic (exact) mass is 285 g/mol. The highest BCUT2D eigenvalue weighted by molar-refractivity contribution is 7.80. The van der Waals surface area contributed by atoms with Gasteiger partial charge in [-0.25, -0.2) is 0 Å². The molecule has 20 heavy (non-hydrogen) atoms. The van der Waals surface area contributed by atoms with Crippen LogP contribution in [-0.2, 0) is 13.0 Å². The van der Waals surface area contributed by atoms with Crippen molar-refractivity contribution in [2.75, 3.05) is 0 Å². The van der Waals surface area contributed by atoms with E-state index in [4.69, 9.17) is 18.0 Å². The lowest BCUT2D eigenvalue weighted by Crippen LogP contribution is -2.22. The molecule has 0 aliphatic rings. The van der Waals surface area contributed by atoms with Gasteiger partial charge in [0.15, 0.2) is 0 Å². The van der Waals surface area contributed by atoms with Crippen molar-refractivity contribution in [3.05, 3.63) is 65.5 Å². The number of carbonyl (C=O) groups excluding carboxylic acids is 1. The summed E-state index contributed by atoms with van der Waals surface area (Å²) in [6.07, 6.45) is 3.95. The van der Waals surface area contributed by atoms with Crippen LogP contribution in [0.3, 0.4) is 0 Å². The molecule has 0 aliphatic heterocycles. The van der Waals surface area contributed by atoms with Gasteiger partial charge in [-0.05, 0) is 35.4 Å². The molecular formula is C15H15N3OS. The van der Waals surface area contributed by atoms with E-state index in [1.165, 1.54) is 0 Å². The number of carbonyl (C=O) groups is 1.